The zero-order chi connectivity index (χ0) is 20.2. The first-order valence-corrected chi connectivity index (χ1v) is 9.21. The molecule has 0 saturated carbocycles. The Kier molecular flexibility index (Phi) is 8.85. The third kappa shape index (κ3) is 6.95. The van der Waals surface area contributed by atoms with Gasteiger partial charge in [-0.3, -0.25) is 4.79 Å². The first kappa shape index (κ1) is 21.3. The van der Waals surface area contributed by atoms with Gasteiger partial charge in [0.25, 0.3) is 0 Å². The van der Waals surface area contributed by atoms with Gasteiger partial charge in [0, 0.05) is 0 Å². The van der Waals surface area contributed by atoms with Gasteiger partial charge in [0.05, 0.1) is 38.9 Å². The molecule has 2 aromatic rings. The predicted octanol–water partition coefficient (Wildman–Crippen LogP) is 3.89. The first-order valence-electron chi connectivity index (χ1n) is 9.21. The minimum atomic E-state index is -0.384. The normalized spacial score (nSPS) is 11.4. The van der Waals surface area contributed by atoms with E-state index in [2.05, 4.69) is 4.74 Å². The maximum atomic E-state index is 12.0. The summed E-state index contributed by atoms with van der Waals surface area (Å²) in [6.45, 7) is 0.907. The third-order valence-electron chi connectivity index (χ3n) is 4.25. The Bertz CT molecular complexity index is 726. The van der Waals surface area contributed by atoms with E-state index in [0.29, 0.717) is 43.8 Å². The highest BCUT2D eigenvalue weighted by molar-refractivity contribution is 5.89. The molecule has 0 aliphatic carbocycles. The van der Waals surface area contributed by atoms with Crippen LogP contribution in [-0.2, 0) is 14.3 Å². The van der Waals surface area contributed by atoms with Crippen molar-refractivity contribution >= 4 is 11.9 Å². The zero-order valence-corrected chi connectivity index (χ0v) is 16.3. The highest BCUT2D eigenvalue weighted by Gasteiger charge is 2.19. The van der Waals surface area contributed by atoms with E-state index in [4.69, 9.17) is 14.2 Å². The molecule has 150 valence electrons. The summed E-state index contributed by atoms with van der Waals surface area (Å²) in [4.78, 5) is 23.4. The van der Waals surface area contributed by atoms with Gasteiger partial charge in [-0.2, -0.15) is 0 Å². The van der Waals surface area contributed by atoms with Crippen LogP contribution in [0.4, 0.5) is 0 Å². The Balaban J connectivity index is 1.73. The molecular weight excluding hydrogens is 360 g/mol. The number of benzene rings is 2. The van der Waals surface area contributed by atoms with Crippen LogP contribution in [0.2, 0.25) is 0 Å². The average molecular weight is 386 g/mol. The molecule has 0 aliphatic heterocycles. The maximum Gasteiger partial charge on any atom is 0.337 e. The lowest BCUT2D eigenvalue weighted by atomic mass is 10.0. The second kappa shape index (κ2) is 11.6. The molecule has 0 heterocycles. The van der Waals surface area contributed by atoms with Gasteiger partial charge in [0.1, 0.15) is 11.5 Å². The van der Waals surface area contributed by atoms with E-state index in [9.17, 15) is 9.59 Å². The van der Waals surface area contributed by atoms with E-state index in [1.807, 2.05) is 30.3 Å². The van der Waals surface area contributed by atoms with Crippen LogP contribution in [-0.4, -0.2) is 39.4 Å². The van der Waals surface area contributed by atoms with Gasteiger partial charge in [-0.15, -0.1) is 0 Å². The summed E-state index contributed by atoms with van der Waals surface area (Å²) >= 11 is 0. The fourth-order valence-electron chi connectivity index (χ4n) is 2.71. The Morgan fingerprint density at radius 2 is 1.43 bits per heavy atom. The quantitative estimate of drug-likeness (QED) is 0.431. The molecule has 1 unspecified atom stereocenters. The van der Waals surface area contributed by atoms with Gasteiger partial charge in [-0.1, -0.05) is 18.2 Å². The molecule has 2 aromatic carbocycles. The van der Waals surface area contributed by atoms with E-state index in [-0.39, 0.29) is 17.9 Å². The van der Waals surface area contributed by atoms with Gasteiger partial charge < -0.3 is 18.9 Å². The van der Waals surface area contributed by atoms with Crippen LogP contribution in [0.25, 0.3) is 0 Å². The Labute approximate surface area is 165 Å². The van der Waals surface area contributed by atoms with Crippen molar-refractivity contribution in [2.45, 2.75) is 19.3 Å². The fourth-order valence-corrected chi connectivity index (χ4v) is 2.71. The molecule has 2 rings (SSSR count). The molecular formula is C22H26O6. The molecule has 6 heteroatoms. The van der Waals surface area contributed by atoms with Crippen molar-refractivity contribution in [2.24, 2.45) is 5.92 Å². The number of hydrogen-bond donors (Lipinski definition) is 0. The van der Waals surface area contributed by atoms with Crippen molar-refractivity contribution in [2.75, 3.05) is 27.4 Å². The molecule has 1 atom stereocenters. The number of esters is 2. The average Bonchev–Trinajstić information content (AvgIpc) is 2.75. The minimum absolute atomic E-state index is 0.237. The summed E-state index contributed by atoms with van der Waals surface area (Å²) in [6, 6.07) is 16.2. The molecule has 0 aromatic heterocycles. The van der Waals surface area contributed by atoms with Crippen LogP contribution >= 0.6 is 0 Å². The smallest absolute Gasteiger partial charge is 0.337 e. The molecule has 0 spiro atoms. The van der Waals surface area contributed by atoms with Crippen molar-refractivity contribution < 1.29 is 28.5 Å². The summed E-state index contributed by atoms with van der Waals surface area (Å²) < 4.78 is 20.9. The number of carbonyl (C=O) groups is 2. The number of carbonyl (C=O) groups excluding carboxylic acids is 2. The first-order chi connectivity index (χ1) is 13.6. The van der Waals surface area contributed by atoms with Crippen molar-refractivity contribution in [3.63, 3.8) is 0 Å². The van der Waals surface area contributed by atoms with Crippen LogP contribution in [0.15, 0.2) is 54.6 Å². The molecule has 0 saturated heterocycles. The van der Waals surface area contributed by atoms with Gasteiger partial charge in [-0.25, -0.2) is 4.79 Å². The highest BCUT2D eigenvalue weighted by Crippen LogP contribution is 2.17. The van der Waals surface area contributed by atoms with Crippen molar-refractivity contribution in [3.05, 3.63) is 60.2 Å². The summed E-state index contributed by atoms with van der Waals surface area (Å²) in [5.41, 5.74) is 0.471. The van der Waals surface area contributed by atoms with E-state index >= 15 is 0 Å². The van der Waals surface area contributed by atoms with Crippen molar-refractivity contribution in [1.82, 2.24) is 0 Å². The Hall–Kier alpha value is -3.02. The van der Waals surface area contributed by atoms with Crippen LogP contribution in [0.3, 0.4) is 0 Å². The molecule has 0 fully saturated rings. The predicted molar refractivity (Wildman–Crippen MR) is 105 cm³/mol. The van der Waals surface area contributed by atoms with E-state index < -0.39 is 0 Å². The number of methoxy groups -OCH3 is 2. The lowest BCUT2D eigenvalue weighted by Gasteiger charge is -2.15. The topological polar surface area (TPSA) is 71.1 Å². The molecule has 0 amide bonds. The van der Waals surface area contributed by atoms with Crippen LogP contribution < -0.4 is 9.47 Å². The standard InChI is InChI=1S/C22H26O6/c1-25-21(23)17(14-16-28-19-8-4-3-5-9-19)7-6-15-27-20-12-10-18(11-13-20)22(24)26-2/h3-5,8-13,17H,6-7,14-16H2,1-2H3. The van der Waals surface area contributed by atoms with Crippen LogP contribution in [0.1, 0.15) is 29.6 Å². The lowest BCUT2D eigenvalue weighted by molar-refractivity contribution is -0.146. The number of rotatable bonds is 11. The summed E-state index contributed by atoms with van der Waals surface area (Å²) in [7, 11) is 2.74. The van der Waals surface area contributed by atoms with Crippen molar-refractivity contribution in [1.29, 1.82) is 0 Å². The van der Waals surface area contributed by atoms with E-state index in [1.54, 1.807) is 24.3 Å². The number of para-hydroxylation sites is 1. The molecule has 0 radical (unpaired) electrons. The second-order valence-electron chi connectivity index (χ2n) is 6.18. The molecule has 0 N–H and O–H groups in total. The lowest BCUT2D eigenvalue weighted by Crippen LogP contribution is -2.20. The molecule has 0 aliphatic rings. The van der Waals surface area contributed by atoms with Gasteiger partial charge in [0.15, 0.2) is 0 Å². The van der Waals surface area contributed by atoms with Crippen LogP contribution in [0.5, 0.6) is 11.5 Å². The fraction of sp³-hybridized carbons (Fsp3) is 0.364. The summed E-state index contributed by atoms with van der Waals surface area (Å²) in [5.74, 6) is 0.586. The highest BCUT2D eigenvalue weighted by atomic mass is 16.5. The summed E-state index contributed by atoms with van der Waals surface area (Å²) in [6.07, 6.45) is 1.92. The number of ether oxygens (including phenoxy) is 4. The van der Waals surface area contributed by atoms with Gasteiger partial charge >= 0.3 is 11.9 Å². The SMILES string of the molecule is COC(=O)c1ccc(OCCCC(CCOc2ccccc2)C(=O)OC)cc1. The van der Waals surface area contributed by atoms with Gasteiger partial charge in [-0.05, 0) is 55.7 Å². The zero-order valence-electron chi connectivity index (χ0n) is 16.3. The monoisotopic (exact) mass is 386 g/mol. The largest absolute Gasteiger partial charge is 0.494 e. The van der Waals surface area contributed by atoms with E-state index in [1.165, 1.54) is 14.2 Å². The van der Waals surface area contributed by atoms with E-state index in [0.717, 1.165) is 5.75 Å². The number of hydrogen-bond acceptors (Lipinski definition) is 6. The van der Waals surface area contributed by atoms with Gasteiger partial charge in [0.2, 0.25) is 0 Å². The summed E-state index contributed by atoms with van der Waals surface area (Å²) in [5, 5.41) is 0. The Morgan fingerprint density at radius 1 is 0.786 bits per heavy atom. The molecule has 6 nitrogen and oxygen atoms in total. The molecule has 28 heavy (non-hydrogen) atoms. The minimum Gasteiger partial charge on any atom is -0.494 e. The van der Waals surface area contributed by atoms with Crippen LogP contribution in [0, 0.1) is 5.92 Å². The Morgan fingerprint density at radius 3 is 2.07 bits per heavy atom. The second-order valence-corrected chi connectivity index (χ2v) is 6.18. The molecule has 0 bridgehead atoms. The van der Waals surface area contributed by atoms with Crippen molar-refractivity contribution in [3.8, 4) is 11.5 Å². The third-order valence-corrected chi connectivity index (χ3v) is 4.25. The maximum absolute atomic E-state index is 12.0.